The highest BCUT2D eigenvalue weighted by atomic mass is 32.1. The first-order chi connectivity index (χ1) is 14.2. The van der Waals surface area contributed by atoms with Gasteiger partial charge in [-0.25, -0.2) is 4.98 Å². The van der Waals surface area contributed by atoms with E-state index in [-0.39, 0.29) is 0 Å². The van der Waals surface area contributed by atoms with E-state index in [1.165, 1.54) is 11.1 Å². The highest BCUT2D eigenvalue weighted by molar-refractivity contribution is 7.71. The first-order valence-corrected chi connectivity index (χ1v) is 10.6. The molecule has 2 aromatic carbocycles. The predicted octanol–water partition coefficient (Wildman–Crippen LogP) is 6.24. The second-order valence-electron chi connectivity index (χ2n) is 6.97. The zero-order valence-electron chi connectivity index (χ0n) is 15.8. The normalized spacial score (nSPS) is 11.2. The van der Waals surface area contributed by atoms with Crippen LogP contribution in [0.25, 0.3) is 32.9 Å². The summed E-state index contributed by atoms with van der Waals surface area (Å²) in [7, 11) is 0. The Balaban J connectivity index is 1.70. The highest BCUT2D eigenvalue weighted by Gasteiger charge is 2.16. The molecule has 0 radical (unpaired) electrons. The third kappa shape index (κ3) is 3.41. The summed E-state index contributed by atoms with van der Waals surface area (Å²) in [5.74, 6) is 0.826. The number of H-pyrrole nitrogens is 1. The number of aryl methyl sites for hydroxylation is 1. The van der Waals surface area contributed by atoms with E-state index < -0.39 is 0 Å². The molecule has 5 rings (SSSR count). The molecule has 0 atom stereocenters. The van der Waals surface area contributed by atoms with Crippen LogP contribution in [0.15, 0.2) is 72.1 Å². The van der Waals surface area contributed by atoms with Crippen LogP contribution in [0, 0.1) is 11.7 Å². The van der Waals surface area contributed by atoms with E-state index in [0.717, 1.165) is 32.9 Å². The van der Waals surface area contributed by atoms with Crippen LogP contribution in [-0.2, 0) is 6.54 Å². The topological polar surface area (TPSA) is 46.5 Å². The van der Waals surface area contributed by atoms with Crippen molar-refractivity contribution < 1.29 is 0 Å². The zero-order valence-corrected chi connectivity index (χ0v) is 17.4. The molecule has 3 heterocycles. The van der Waals surface area contributed by atoms with Crippen molar-refractivity contribution in [2.45, 2.75) is 13.5 Å². The molecule has 0 aliphatic heterocycles. The van der Waals surface area contributed by atoms with Crippen LogP contribution in [0.2, 0.25) is 0 Å². The molecule has 0 aliphatic rings. The molecule has 29 heavy (non-hydrogen) atoms. The number of para-hydroxylation sites is 1. The number of benzene rings is 2. The minimum atomic E-state index is 0.610. The van der Waals surface area contributed by atoms with Crippen molar-refractivity contribution in [3.05, 3.63) is 88.0 Å². The second kappa shape index (κ2) is 7.39. The van der Waals surface area contributed by atoms with E-state index in [2.05, 4.69) is 69.5 Å². The van der Waals surface area contributed by atoms with Crippen LogP contribution in [0.1, 0.15) is 11.1 Å². The SMILES string of the molecule is Cc1ccc(Cn2c(-c3cc(-c4cccs4)nc4ccccc34)n[nH]c2=S)cc1. The van der Waals surface area contributed by atoms with Gasteiger partial charge in [0.25, 0.3) is 0 Å². The number of rotatable bonds is 4. The van der Waals surface area contributed by atoms with Crippen LogP contribution in [0.5, 0.6) is 0 Å². The standard InChI is InChI=1S/C23H18N4S2/c1-15-8-10-16(11-9-15)14-27-22(25-26-23(27)28)18-13-20(21-7-4-12-29-21)24-19-6-3-2-5-17(18)19/h2-13H,14H2,1H3,(H,26,28). The van der Waals surface area contributed by atoms with Gasteiger partial charge in [-0.15, -0.1) is 11.3 Å². The minimum absolute atomic E-state index is 0.610. The summed E-state index contributed by atoms with van der Waals surface area (Å²) in [6, 6.07) is 22.9. The Kier molecular flexibility index (Phi) is 4.58. The Morgan fingerprint density at radius 1 is 1.03 bits per heavy atom. The minimum Gasteiger partial charge on any atom is -0.296 e. The van der Waals surface area contributed by atoms with Gasteiger partial charge in [0.2, 0.25) is 0 Å². The fourth-order valence-corrected chi connectivity index (χ4v) is 4.34. The molecule has 142 valence electrons. The predicted molar refractivity (Wildman–Crippen MR) is 122 cm³/mol. The lowest BCUT2D eigenvalue weighted by Crippen LogP contribution is -2.03. The lowest BCUT2D eigenvalue weighted by molar-refractivity contribution is 0.791. The third-order valence-corrected chi connectivity index (χ3v) is 6.15. The average Bonchev–Trinajstić information content (AvgIpc) is 3.40. The van der Waals surface area contributed by atoms with Crippen molar-refractivity contribution in [2.75, 3.05) is 0 Å². The number of aromatic nitrogens is 4. The van der Waals surface area contributed by atoms with Gasteiger partial charge < -0.3 is 0 Å². The quantitative estimate of drug-likeness (QED) is 0.354. The third-order valence-electron chi connectivity index (χ3n) is 4.95. The molecule has 6 heteroatoms. The molecule has 0 saturated heterocycles. The first-order valence-electron chi connectivity index (χ1n) is 9.34. The summed E-state index contributed by atoms with van der Waals surface area (Å²) in [6.07, 6.45) is 0. The van der Waals surface area contributed by atoms with Crippen LogP contribution in [0.4, 0.5) is 0 Å². The summed E-state index contributed by atoms with van der Waals surface area (Å²) >= 11 is 7.25. The first kappa shape index (κ1) is 18.0. The average molecular weight is 415 g/mol. The summed E-state index contributed by atoms with van der Waals surface area (Å²) in [5.41, 5.74) is 5.35. The number of nitrogens with zero attached hydrogens (tertiary/aromatic N) is 3. The van der Waals surface area contributed by atoms with Crippen LogP contribution < -0.4 is 0 Å². The smallest absolute Gasteiger partial charge is 0.195 e. The van der Waals surface area contributed by atoms with Gasteiger partial charge in [-0.05, 0) is 48.3 Å². The molecule has 0 bridgehead atoms. The van der Waals surface area contributed by atoms with Gasteiger partial charge >= 0.3 is 0 Å². The molecule has 4 nitrogen and oxygen atoms in total. The van der Waals surface area contributed by atoms with Crippen LogP contribution in [-0.4, -0.2) is 19.7 Å². The van der Waals surface area contributed by atoms with Crippen molar-refractivity contribution in [1.82, 2.24) is 19.7 Å². The monoisotopic (exact) mass is 414 g/mol. The summed E-state index contributed by atoms with van der Waals surface area (Å²) in [5, 5.41) is 10.7. The van der Waals surface area contributed by atoms with Crippen molar-refractivity contribution in [3.63, 3.8) is 0 Å². The van der Waals surface area contributed by atoms with Gasteiger partial charge in [0.15, 0.2) is 10.6 Å². The zero-order chi connectivity index (χ0) is 19.8. The molecule has 0 aliphatic carbocycles. The van der Waals surface area contributed by atoms with Gasteiger partial charge in [-0.3, -0.25) is 9.67 Å². The maximum absolute atomic E-state index is 5.56. The maximum atomic E-state index is 5.56. The summed E-state index contributed by atoms with van der Waals surface area (Å²) < 4.78 is 2.67. The van der Waals surface area contributed by atoms with Crippen molar-refractivity contribution in [3.8, 4) is 22.0 Å². The fourth-order valence-electron chi connectivity index (χ4n) is 3.46. The summed E-state index contributed by atoms with van der Waals surface area (Å²) in [6.45, 7) is 2.75. The molecular weight excluding hydrogens is 396 g/mol. The molecule has 0 unspecified atom stereocenters. The van der Waals surface area contributed by atoms with Gasteiger partial charge in [0.05, 0.1) is 22.6 Å². The molecule has 0 saturated carbocycles. The van der Waals surface area contributed by atoms with Gasteiger partial charge in [-0.1, -0.05) is 54.1 Å². The number of aromatic amines is 1. The molecule has 0 amide bonds. The molecule has 0 spiro atoms. The van der Waals surface area contributed by atoms with E-state index in [0.29, 0.717) is 11.3 Å². The van der Waals surface area contributed by atoms with E-state index in [1.54, 1.807) is 11.3 Å². The van der Waals surface area contributed by atoms with E-state index in [4.69, 9.17) is 17.2 Å². The maximum Gasteiger partial charge on any atom is 0.195 e. The largest absolute Gasteiger partial charge is 0.296 e. The second-order valence-corrected chi connectivity index (χ2v) is 8.31. The number of nitrogens with one attached hydrogen (secondary N) is 1. The number of fused-ring (bicyclic) bond motifs is 1. The molecule has 0 fully saturated rings. The molecule has 5 aromatic rings. The van der Waals surface area contributed by atoms with Gasteiger partial charge in [0.1, 0.15) is 0 Å². The molecule has 1 N–H and O–H groups in total. The lowest BCUT2D eigenvalue weighted by atomic mass is 10.1. The number of hydrogen-bond donors (Lipinski definition) is 1. The van der Waals surface area contributed by atoms with Crippen molar-refractivity contribution in [2.24, 2.45) is 0 Å². The Morgan fingerprint density at radius 3 is 2.66 bits per heavy atom. The number of thiophene rings is 1. The van der Waals surface area contributed by atoms with E-state index >= 15 is 0 Å². The van der Waals surface area contributed by atoms with E-state index in [1.807, 2.05) is 24.3 Å². The van der Waals surface area contributed by atoms with E-state index in [9.17, 15) is 0 Å². The Hall–Kier alpha value is -3.09. The van der Waals surface area contributed by atoms with Gasteiger partial charge in [0, 0.05) is 10.9 Å². The number of hydrogen-bond acceptors (Lipinski definition) is 4. The molecule has 3 aromatic heterocycles. The Morgan fingerprint density at radius 2 is 1.86 bits per heavy atom. The highest BCUT2D eigenvalue weighted by Crippen LogP contribution is 2.33. The van der Waals surface area contributed by atoms with Crippen molar-refractivity contribution in [1.29, 1.82) is 0 Å². The molecular formula is C23H18N4S2. The van der Waals surface area contributed by atoms with Gasteiger partial charge in [-0.2, -0.15) is 5.10 Å². The van der Waals surface area contributed by atoms with Crippen molar-refractivity contribution >= 4 is 34.5 Å². The van der Waals surface area contributed by atoms with Crippen LogP contribution in [0.3, 0.4) is 0 Å². The Labute approximate surface area is 177 Å². The number of pyridine rings is 1. The lowest BCUT2D eigenvalue weighted by Gasteiger charge is -2.11. The van der Waals surface area contributed by atoms with Crippen LogP contribution >= 0.6 is 23.6 Å². The fraction of sp³-hybridized carbons (Fsp3) is 0.0870. The summed E-state index contributed by atoms with van der Waals surface area (Å²) in [4.78, 5) is 6.01. The Bertz CT molecular complexity index is 1350.